The van der Waals surface area contributed by atoms with Gasteiger partial charge >= 0.3 is 0 Å². The maximum atomic E-state index is 5.83. The minimum Gasteiger partial charge on any atom is -0.315 e. The molecule has 2 unspecified atom stereocenters. The van der Waals surface area contributed by atoms with Gasteiger partial charge < -0.3 is 5.32 Å². The number of benzene rings is 1. The van der Waals surface area contributed by atoms with E-state index < -0.39 is 0 Å². The summed E-state index contributed by atoms with van der Waals surface area (Å²) in [6.45, 7) is 0. The van der Waals surface area contributed by atoms with Crippen LogP contribution in [-0.2, 0) is 0 Å². The van der Waals surface area contributed by atoms with Crippen LogP contribution in [-0.4, -0.2) is 18.8 Å². The average molecular weight is 214 g/mol. The molecule has 1 fully saturated rings. The molecule has 13 heavy (non-hydrogen) atoms. The van der Waals surface area contributed by atoms with E-state index in [4.69, 9.17) is 11.6 Å². The zero-order valence-electron chi connectivity index (χ0n) is 7.46. The second-order valence-corrected chi connectivity index (χ2v) is 4.81. The van der Waals surface area contributed by atoms with Crippen LogP contribution in [0.1, 0.15) is 10.8 Å². The molecule has 0 amide bonds. The van der Waals surface area contributed by atoms with E-state index in [9.17, 15) is 0 Å². The number of likely N-dealkylation sites (N-methyl/N-ethyl adjacent to an activating group) is 1. The average Bonchev–Trinajstić information content (AvgIpc) is 2.08. The highest BCUT2D eigenvalue weighted by Gasteiger charge is 2.31. The zero-order chi connectivity index (χ0) is 9.26. The SMILES string of the molecule is CNC1CSC1c1ccc(Cl)cc1. The number of halogens is 1. The fraction of sp³-hybridized carbons (Fsp3) is 0.400. The molecule has 0 bridgehead atoms. The lowest BCUT2D eigenvalue weighted by Gasteiger charge is -2.36. The van der Waals surface area contributed by atoms with Crippen LogP contribution in [0.25, 0.3) is 0 Å². The van der Waals surface area contributed by atoms with Crippen LogP contribution in [0.3, 0.4) is 0 Å². The molecule has 1 heterocycles. The van der Waals surface area contributed by atoms with Gasteiger partial charge in [0.2, 0.25) is 0 Å². The van der Waals surface area contributed by atoms with Crippen LogP contribution in [0, 0.1) is 0 Å². The Bertz CT molecular complexity index is 283. The summed E-state index contributed by atoms with van der Waals surface area (Å²) in [5, 5.41) is 4.74. The van der Waals surface area contributed by atoms with E-state index in [0.717, 1.165) is 5.02 Å². The van der Waals surface area contributed by atoms with Crippen LogP contribution in [0.2, 0.25) is 5.02 Å². The highest BCUT2D eigenvalue weighted by Crippen LogP contribution is 2.42. The van der Waals surface area contributed by atoms with Gasteiger partial charge in [-0.05, 0) is 24.7 Å². The van der Waals surface area contributed by atoms with Gasteiger partial charge in [0, 0.05) is 22.1 Å². The summed E-state index contributed by atoms with van der Waals surface area (Å²) < 4.78 is 0. The molecule has 0 spiro atoms. The summed E-state index contributed by atoms with van der Waals surface area (Å²) in [7, 11) is 2.02. The summed E-state index contributed by atoms with van der Waals surface area (Å²) in [6, 6.07) is 8.78. The van der Waals surface area contributed by atoms with E-state index in [2.05, 4.69) is 17.4 Å². The third kappa shape index (κ3) is 1.85. The quantitative estimate of drug-likeness (QED) is 0.811. The van der Waals surface area contributed by atoms with E-state index >= 15 is 0 Å². The minimum atomic E-state index is 0.613. The van der Waals surface area contributed by atoms with Gasteiger partial charge in [-0.3, -0.25) is 0 Å². The molecule has 1 N–H and O–H groups in total. The van der Waals surface area contributed by atoms with Gasteiger partial charge in [0.25, 0.3) is 0 Å². The molecule has 2 rings (SSSR count). The molecule has 1 aromatic rings. The molecule has 0 aliphatic carbocycles. The van der Waals surface area contributed by atoms with Crippen molar-refractivity contribution in [3.63, 3.8) is 0 Å². The molecule has 1 aliphatic heterocycles. The van der Waals surface area contributed by atoms with E-state index in [1.54, 1.807) is 0 Å². The molecule has 0 aromatic heterocycles. The smallest absolute Gasteiger partial charge is 0.0459 e. The third-order valence-electron chi connectivity index (χ3n) is 2.39. The normalized spacial score (nSPS) is 26.9. The van der Waals surface area contributed by atoms with Gasteiger partial charge in [-0.15, -0.1) is 0 Å². The van der Waals surface area contributed by atoms with E-state index in [0.29, 0.717) is 11.3 Å². The molecule has 70 valence electrons. The second kappa shape index (κ2) is 3.91. The predicted octanol–water partition coefficient (Wildman–Crippen LogP) is 2.72. The molecule has 3 heteroatoms. The van der Waals surface area contributed by atoms with E-state index in [1.165, 1.54) is 11.3 Å². The van der Waals surface area contributed by atoms with Crippen molar-refractivity contribution in [2.45, 2.75) is 11.3 Å². The largest absolute Gasteiger partial charge is 0.315 e. The first kappa shape index (κ1) is 9.38. The summed E-state index contributed by atoms with van der Waals surface area (Å²) >= 11 is 7.82. The Balaban J connectivity index is 2.12. The summed E-state index contributed by atoms with van der Waals surface area (Å²) in [6.07, 6.45) is 0. The Morgan fingerprint density at radius 2 is 2.08 bits per heavy atom. The Morgan fingerprint density at radius 3 is 2.54 bits per heavy atom. The second-order valence-electron chi connectivity index (χ2n) is 3.20. The predicted molar refractivity (Wildman–Crippen MR) is 59.5 cm³/mol. The summed E-state index contributed by atoms with van der Waals surface area (Å²) in [5.74, 6) is 1.21. The Labute approximate surface area is 87.9 Å². The summed E-state index contributed by atoms with van der Waals surface area (Å²) in [4.78, 5) is 0. The maximum Gasteiger partial charge on any atom is 0.0459 e. The van der Waals surface area contributed by atoms with Crippen molar-refractivity contribution < 1.29 is 0 Å². The van der Waals surface area contributed by atoms with Gasteiger partial charge in [-0.2, -0.15) is 11.8 Å². The van der Waals surface area contributed by atoms with Crippen LogP contribution >= 0.6 is 23.4 Å². The molecule has 1 nitrogen and oxygen atoms in total. The standard InChI is InChI=1S/C10H12ClNS/c1-12-9-6-13-10(9)7-2-4-8(11)5-3-7/h2-5,9-10,12H,6H2,1H3. The van der Waals surface area contributed by atoms with E-state index in [-0.39, 0.29) is 0 Å². The first-order valence-corrected chi connectivity index (χ1v) is 5.78. The number of hydrogen-bond donors (Lipinski definition) is 1. The van der Waals surface area contributed by atoms with Crippen molar-refractivity contribution in [3.8, 4) is 0 Å². The minimum absolute atomic E-state index is 0.613. The van der Waals surface area contributed by atoms with Crippen LogP contribution in [0.5, 0.6) is 0 Å². The Hall–Kier alpha value is -0.180. The summed E-state index contributed by atoms with van der Waals surface area (Å²) in [5.41, 5.74) is 1.38. The molecule has 2 atom stereocenters. The number of thioether (sulfide) groups is 1. The number of nitrogens with one attached hydrogen (secondary N) is 1. The lowest BCUT2D eigenvalue weighted by molar-refractivity contribution is 0.573. The molecular weight excluding hydrogens is 202 g/mol. The van der Waals surface area contributed by atoms with Gasteiger partial charge in [-0.25, -0.2) is 0 Å². The van der Waals surface area contributed by atoms with Crippen molar-refractivity contribution in [2.75, 3.05) is 12.8 Å². The van der Waals surface area contributed by atoms with E-state index in [1.807, 2.05) is 30.9 Å². The van der Waals surface area contributed by atoms with Gasteiger partial charge in [-0.1, -0.05) is 23.7 Å². The van der Waals surface area contributed by atoms with Gasteiger partial charge in [0.15, 0.2) is 0 Å². The fourth-order valence-corrected chi connectivity index (χ4v) is 2.86. The number of rotatable bonds is 2. The van der Waals surface area contributed by atoms with Crippen molar-refractivity contribution in [1.82, 2.24) is 5.32 Å². The van der Waals surface area contributed by atoms with Gasteiger partial charge in [0.05, 0.1) is 0 Å². The molecule has 0 saturated carbocycles. The van der Waals surface area contributed by atoms with Gasteiger partial charge in [0.1, 0.15) is 0 Å². The van der Waals surface area contributed by atoms with Crippen molar-refractivity contribution >= 4 is 23.4 Å². The van der Waals surface area contributed by atoms with Crippen LogP contribution in [0.4, 0.5) is 0 Å². The van der Waals surface area contributed by atoms with Crippen molar-refractivity contribution in [2.24, 2.45) is 0 Å². The molecule has 1 aliphatic rings. The third-order valence-corrected chi connectivity index (χ3v) is 4.15. The molecule has 0 radical (unpaired) electrons. The topological polar surface area (TPSA) is 12.0 Å². The first-order valence-electron chi connectivity index (χ1n) is 4.35. The fourth-order valence-electron chi connectivity index (χ4n) is 1.50. The highest BCUT2D eigenvalue weighted by atomic mass is 35.5. The van der Waals surface area contributed by atoms with Crippen LogP contribution < -0.4 is 5.32 Å². The Morgan fingerprint density at radius 1 is 1.38 bits per heavy atom. The molecule has 1 saturated heterocycles. The maximum absolute atomic E-state index is 5.83. The number of hydrogen-bond acceptors (Lipinski definition) is 2. The molecular formula is C10H12ClNS. The lowest BCUT2D eigenvalue weighted by atomic mass is 10.1. The van der Waals surface area contributed by atoms with Crippen molar-refractivity contribution in [1.29, 1.82) is 0 Å². The zero-order valence-corrected chi connectivity index (χ0v) is 9.03. The van der Waals surface area contributed by atoms with Crippen molar-refractivity contribution in [3.05, 3.63) is 34.9 Å². The first-order chi connectivity index (χ1) is 6.31. The molecule has 1 aromatic carbocycles. The lowest BCUT2D eigenvalue weighted by Crippen LogP contribution is -2.40. The highest BCUT2D eigenvalue weighted by molar-refractivity contribution is 8.01. The Kier molecular flexibility index (Phi) is 2.82. The van der Waals surface area contributed by atoms with Crippen LogP contribution in [0.15, 0.2) is 24.3 Å². The monoisotopic (exact) mass is 213 g/mol.